The van der Waals surface area contributed by atoms with E-state index >= 15 is 0 Å². The number of hydrogen-bond acceptors (Lipinski definition) is 34. The minimum absolute atomic E-state index is 0.0441. The van der Waals surface area contributed by atoms with E-state index in [2.05, 4.69) is 177 Å². The number of nitrogens with zero attached hydrogens (tertiary/aromatic N) is 14. The van der Waals surface area contributed by atoms with Crippen molar-refractivity contribution in [1.29, 1.82) is 0 Å². The first kappa shape index (κ1) is 117. The van der Waals surface area contributed by atoms with Gasteiger partial charge in [-0.2, -0.15) is 0 Å². The third kappa shape index (κ3) is 60.5. The molecule has 138 heavy (non-hydrogen) atoms. The van der Waals surface area contributed by atoms with Gasteiger partial charge < -0.3 is 112 Å². The molecular weight excluding hydrogens is 1790 g/mol. The molecule has 14 N–H and O–H groups in total. The summed E-state index contributed by atoms with van der Waals surface area (Å²) in [4.78, 5) is 173. The van der Waals surface area contributed by atoms with Crippen molar-refractivity contribution >= 4 is 131 Å². The van der Waals surface area contributed by atoms with E-state index in [1.807, 2.05) is 9.80 Å². The number of carbonyl (C=O) groups excluding carboxylic acids is 10. The van der Waals surface area contributed by atoms with E-state index in [1.54, 1.807) is 77.8 Å². The minimum Gasteiger partial charge on any atom is -0.379 e. The lowest BCUT2D eigenvalue weighted by molar-refractivity contribution is -0.127. The average Bonchev–Trinajstić information content (AvgIpc) is 0.885. The second-order valence-corrected chi connectivity index (χ2v) is 30.1. The van der Waals surface area contributed by atoms with Gasteiger partial charge in [0.1, 0.15) is 13.2 Å². The Morgan fingerprint density at radius 2 is 0.493 bits per heavy atom. The highest BCUT2D eigenvalue weighted by Gasteiger charge is 2.19. The first-order valence-electron chi connectivity index (χ1n) is 46.2. The molecule has 0 aliphatic heterocycles. The van der Waals surface area contributed by atoms with Crippen LogP contribution in [0.4, 0.5) is 23.8 Å². The molecular formula is C92H142N28O18. The van der Waals surface area contributed by atoms with Crippen LogP contribution >= 0.6 is 0 Å². The Bertz CT molecular complexity index is 3920. The Balaban J connectivity index is 1.19. The van der Waals surface area contributed by atoms with Crippen LogP contribution < -0.4 is 74.4 Å². The van der Waals surface area contributed by atoms with Crippen LogP contribution in [-0.4, -0.2) is 376 Å². The maximum Gasteiger partial charge on any atom is 0.246 e. The van der Waals surface area contributed by atoms with Gasteiger partial charge in [-0.05, 0) is 111 Å². The van der Waals surface area contributed by atoms with Gasteiger partial charge in [-0.1, -0.05) is 57.7 Å². The Morgan fingerprint density at radius 3 is 0.768 bits per heavy atom. The molecule has 0 aliphatic rings. The molecule has 0 radical (unpaired) electrons. The van der Waals surface area contributed by atoms with Crippen LogP contribution in [-0.2, 0) is 85.8 Å². The fourth-order valence-electron chi connectivity index (χ4n) is 12.1. The number of azide groups is 1. The van der Waals surface area contributed by atoms with E-state index in [4.69, 9.17) is 43.4 Å². The normalized spacial score (nSPS) is 10.8. The summed E-state index contributed by atoms with van der Waals surface area (Å²) in [6.07, 6.45) is 16.2. The van der Waals surface area contributed by atoms with Crippen molar-refractivity contribution in [3.63, 3.8) is 0 Å². The van der Waals surface area contributed by atoms with Gasteiger partial charge in [0, 0.05) is 174 Å². The Kier molecular flexibility index (Phi) is 65.5. The average molecular weight is 1930 g/mol. The standard InChI is InChI=1S/C92H142N28O18/c1-9-71-62-72(10-2)110-89(109-71)104-27-17-22-79(121)96-33-42-118(43-34-97-80(122)23-18-28-105-90-111-73(11-3)63-74(12-4)112-90)67-85(127)102-39-49-132-58-60-137-69-87(129)100-37-46-120(66-84(126)95-32-21-31-94-83(125)26-48-131-52-54-135-56-57-136-55-53-134-51-41-108-117-93)47-38-101-88(130)70-138-61-59-133-50-40-103-86(128)68-119(44-35-98-81(123)24-19-29-106-91-113-75(13-5)64-76(14-6)114-91)45-36-99-82(124)25-20-30-107-92-115-77(15-7)65-78(16-8)116-92/h9-16,62-65H,1-8,17-61,66-70H2,(H,94,125)(H,95,126)(H,96,121)(H,97,122)(H,98,123)(H,99,124)(H,100,129)(H,101,130)(H,102,127)(H,103,128)(H,104,109,110)(H,105,111,112)(H,106,113,114)(H,107,115,116). The van der Waals surface area contributed by atoms with Gasteiger partial charge in [0.05, 0.1) is 158 Å². The number of hydrogen-bond donors (Lipinski definition) is 14. The van der Waals surface area contributed by atoms with Crippen molar-refractivity contribution in [1.82, 2.24) is 108 Å². The summed E-state index contributed by atoms with van der Waals surface area (Å²) in [5.74, 6) is -1.26. The molecule has 4 aromatic rings. The summed E-state index contributed by atoms with van der Waals surface area (Å²) in [6.45, 7) is 38.0. The lowest BCUT2D eigenvalue weighted by Gasteiger charge is -2.22. The topological polar surface area (TPSA) is 575 Å². The fourth-order valence-corrected chi connectivity index (χ4v) is 12.1. The van der Waals surface area contributed by atoms with Crippen molar-refractivity contribution in [2.75, 3.05) is 284 Å². The molecule has 46 nitrogen and oxygen atoms in total. The quantitative estimate of drug-likeness (QED) is 0.0130. The first-order valence-corrected chi connectivity index (χ1v) is 46.2. The number of carbonyl (C=O) groups is 10. The second-order valence-electron chi connectivity index (χ2n) is 30.1. The molecule has 4 aromatic heterocycles. The van der Waals surface area contributed by atoms with E-state index in [0.29, 0.717) is 200 Å². The molecule has 0 aliphatic carbocycles. The fraction of sp³-hybridized carbons (Fsp3) is 0.543. The molecule has 10 amide bonds. The van der Waals surface area contributed by atoms with Crippen molar-refractivity contribution in [2.45, 2.75) is 64.2 Å². The number of anilines is 4. The van der Waals surface area contributed by atoms with Gasteiger partial charge in [0.2, 0.25) is 82.9 Å². The third-order valence-corrected chi connectivity index (χ3v) is 19.1. The van der Waals surface area contributed by atoms with Crippen molar-refractivity contribution in [3.8, 4) is 0 Å². The van der Waals surface area contributed by atoms with Crippen molar-refractivity contribution in [2.24, 2.45) is 5.11 Å². The largest absolute Gasteiger partial charge is 0.379 e. The molecule has 0 saturated carbocycles. The van der Waals surface area contributed by atoms with Gasteiger partial charge in [-0.15, -0.1) is 0 Å². The summed E-state index contributed by atoms with van der Waals surface area (Å²) in [6, 6.07) is 7.00. The van der Waals surface area contributed by atoms with Crippen molar-refractivity contribution in [3.05, 3.63) is 133 Å². The summed E-state index contributed by atoms with van der Waals surface area (Å²) >= 11 is 0. The molecule has 0 fully saturated rings. The Morgan fingerprint density at radius 1 is 0.268 bits per heavy atom. The lowest BCUT2D eigenvalue weighted by atomic mass is 10.3. The highest BCUT2D eigenvalue weighted by atomic mass is 16.6. The van der Waals surface area contributed by atoms with Gasteiger partial charge >= 0.3 is 0 Å². The molecule has 0 aromatic carbocycles. The van der Waals surface area contributed by atoms with E-state index < -0.39 is 11.8 Å². The minimum atomic E-state index is -0.439. The van der Waals surface area contributed by atoms with Crippen LogP contribution in [0.3, 0.4) is 0 Å². The zero-order valence-corrected chi connectivity index (χ0v) is 79.5. The van der Waals surface area contributed by atoms with Crippen LogP contribution in [0.1, 0.15) is 110 Å². The van der Waals surface area contributed by atoms with Gasteiger partial charge in [-0.3, -0.25) is 62.6 Å². The van der Waals surface area contributed by atoms with E-state index in [0.717, 1.165) is 0 Å². The maximum atomic E-state index is 13.3. The predicted molar refractivity (Wildman–Crippen MR) is 529 cm³/mol. The molecule has 0 bridgehead atoms. The summed E-state index contributed by atoms with van der Waals surface area (Å²) < 4.78 is 44.1. The maximum absolute atomic E-state index is 13.3. The Labute approximate surface area is 807 Å². The first-order chi connectivity index (χ1) is 67.2. The van der Waals surface area contributed by atoms with E-state index in [9.17, 15) is 47.9 Å². The third-order valence-electron chi connectivity index (χ3n) is 19.1. The van der Waals surface area contributed by atoms with Crippen LogP contribution in [0.2, 0.25) is 0 Å². The molecule has 0 spiro atoms. The number of nitrogens with one attached hydrogen (secondary N) is 14. The van der Waals surface area contributed by atoms with Gasteiger partial charge in [0.15, 0.2) is 0 Å². The molecule has 0 saturated heterocycles. The van der Waals surface area contributed by atoms with E-state index in [-0.39, 0.29) is 244 Å². The van der Waals surface area contributed by atoms with Gasteiger partial charge in [0.25, 0.3) is 0 Å². The predicted octanol–water partition coefficient (Wildman–Crippen LogP) is 2.15. The highest BCUT2D eigenvalue weighted by Crippen LogP contribution is 2.13. The molecule has 4 rings (SSSR count). The second kappa shape index (κ2) is 77.1. The smallest absolute Gasteiger partial charge is 0.246 e. The van der Waals surface area contributed by atoms with Crippen LogP contribution in [0.25, 0.3) is 59.1 Å². The van der Waals surface area contributed by atoms with Gasteiger partial charge in [-0.25, -0.2) is 39.9 Å². The number of ether oxygens (including phenoxy) is 8. The summed E-state index contributed by atoms with van der Waals surface area (Å²) in [5.41, 5.74) is 13.4. The number of amides is 10. The number of rotatable bonds is 87. The van der Waals surface area contributed by atoms with Crippen molar-refractivity contribution < 1.29 is 85.8 Å². The molecule has 0 atom stereocenters. The SMILES string of the molecule is C=Cc1cc(C=C)nc(NCCCC(=O)NCCN(CCNC(=O)CCCNc2nc(C=C)cc(C=C)n2)CC(=O)NCCOCCOCC(=O)NCCN(CCNC(=O)COCCOCCNC(=O)CN(CCNC(=O)CCCNc2nc(C=C)cc(C=C)n2)CCNC(=O)CCCNc2nc(C=C)cc(C=C)n2)CC(=O)NCCCNC(=O)CCOCCOCCOCCOCCN=[N+]=[N-])n1. The summed E-state index contributed by atoms with van der Waals surface area (Å²) in [7, 11) is 0. The lowest BCUT2D eigenvalue weighted by Crippen LogP contribution is -2.45. The monoisotopic (exact) mass is 1930 g/mol. The van der Waals surface area contributed by atoms with Crippen LogP contribution in [0.15, 0.2) is 82.0 Å². The van der Waals surface area contributed by atoms with E-state index in [1.165, 1.54) is 0 Å². The van der Waals surface area contributed by atoms with Crippen LogP contribution in [0.5, 0.6) is 0 Å². The Hall–Kier alpha value is -13.0. The molecule has 0 unspecified atom stereocenters. The summed E-state index contributed by atoms with van der Waals surface area (Å²) in [5, 5.41) is 44.4. The zero-order chi connectivity index (χ0) is 99.9. The molecule has 46 heteroatoms. The highest BCUT2D eigenvalue weighted by molar-refractivity contribution is 5.81. The zero-order valence-electron chi connectivity index (χ0n) is 79.5. The van der Waals surface area contributed by atoms with Crippen LogP contribution in [0, 0.1) is 0 Å². The number of aromatic nitrogens is 8. The molecule has 4 heterocycles. The molecule has 758 valence electrons.